The van der Waals surface area contributed by atoms with Gasteiger partial charge in [0.05, 0.1) is 5.69 Å². The number of hydrogen-bond acceptors (Lipinski definition) is 4. The van der Waals surface area contributed by atoms with Crippen molar-refractivity contribution in [2.45, 2.75) is 0 Å². The van der Waals surface area contributed by atoms with Gasteiger partial charge in [0, 0.05) is 5.46 Å². The lowest BCUT2D eigenvalue weighted by molar-refractivity contribution is 0.420. The van der Waals surface area contributed by atoms with Crippen molar-refractivity contribution in [3.8, 4) is 5.75 Å². The molecule has 0 aliphatic carbocycles. The Balaban J connectivity index is 3.17. The molecule has 1 aromatic carbocycles. The molecule has 11 heavy (non-hydrogen) atoms. The highest BCUT2D eigenvalue weighted by atomic mass is 16.4. The van der Waals surface area contributed by atoms with Crippen LogP contribution in [0.1, 0.15) is 0 Å². The van der Waals surface area contributed by atoms with E-state index in [1.165, 1.54) is 18.2 Å². The molecule has 4 nitrogen and oxygen atoms in total. The maximum Gasteiger partial charge on any atom is 0.492 e. The fourth-order valence-electron chi connectivity index (χ4n) is 0.788. The Bertz CT molecular complexity index is 264. The van der Waals surface area contributed by atoms with Gasteiger partial charge in [-0.2, -0.15) is 0 Å². The minimum absolute atomic E-state index is 0.0185. The molecule has 0 atom stereocenters. The van der Waals surface area contributed by atoms with Crippen molar-refractivity contribution in [1.29, 1.82) is 0 Å². The van der Waals surface area contributed by atoms with E-state index in [4.69, 9.17) is 20.9 Å². The SMILES string of the molecule is Nc1cccc(B(O)O)c1O. The van der Waals surface area contributed by atoms with Crippen LogP contribution in [0.2, 0.25) is 0 Å². The molecule has 0 radical (unpaired) electrons. The lowest BCUT2D eigenvalue weighted by atomic mass is 9.79. The molecule has 0 amide bonds. The Labute approximate surface area is 64.0 Å². The maximum absolute atomic E-state index is 9.12. The van der Waals surface area contributed by atoms with Gasteiger partial charge in [-0.25, -0.2) is 0 Å². The molecule has 0 heterocycles. The second-order valence-electron chi connectivity index (χ2n) is 2.16. The Kier molecular flexibility index (Phi) is 2.02. The summed E-state index contributed by atoms with van der Waals surface area (Å²) in [6, 6.07) is 4.39. The first-order valence-corrected chi connectivity index (χ1v) is 3.06. The first kappa shape index (κ1) is 7.91. The summed E-state index contributed by atoms with van der Waals surface area (Å²) in [6.07, 6.45) is 0. The van der Waals surface area contributed by atoms with Crippen molar-refractivity contribution in [1.82, 2.24) is 0 Å². The highest BCUT2D eigenvalue weighted by Crippen LogP contribution is 2.15. The number of benzene rings is 1. The first-order valence-electron chi connectivity index (χ1n) is 3.06. The lowest BCUT2D eigenvalue weighted by Gasteiger charge is -2.04. The van der Waals surface area contributed by atoms with E-state index < -0.39 is 7.12 Å². The topological polar surface area (TPSA) is 86.7 Å². The number of phenolic OH excluding ortho intramolecular Hbond substituents is 1. The number of hydrogen-bond donors (Lipinski definition) is 4. The van der Waals surface area contributed by atoms with Crippen molar-refractivity contribution in [3.05, 3.63) is 18.2 Å². The third-order valence-corrected chi connectivity index (χ3v) is 1.38. The number of nitrogens with two attached hydrogens (primary N) is 1. The largest absolute Gasteiger partial charge is 0.506 e. The average Bonchev–Trinajstić information content (AvgIpc) is 1.94. The molecule has 0 aromatic heterocycles. The van der Waals surface area contributed by atoms with Gasteiger partial charge in [0.25, 0.3) is 0 Å². The highest BCUT2D eigenvalue weighted by Gasteiger charge is 2.16. The van der Waals surface area contributed by atoms with Crippen LogP contribution in [0, 0.1) is 0 Å². The molecule has 0 unspecified atom stereocenters. The molecular weight excluding hydrogens is 145 g/mol. The number of anilines is 1. The summed E-state index contributed by atoms with van der Waals surface area (Å²) in [5, 5.41) is 26.5. The standard InChI is InChI=1S/C6H8BNO3/c8-5-3-1-2-4(6(5)9)7(10)11/h1-3,9-11H,8H2. The van der Waals surface area contributed by atoms with Crippen LogP contribution < -0.4 is 11.2 Å². The number of rotatable bonds is 1. The molecule has 0 saturated carbocycles. The van der Waals surface area contributed by atoms with E-state index in [0.29, 0.717) is 0 Å². The molecule has 0 aliphatic heterocycles. The van der Waals surface area contributed by atoms with E-state index in [1.807, 2.05) is 0 Å². The van der Waals surface area contributed by atoms with Crippen molar-refractivity contribution in [3.63, 3.8) is 0 Å². The van der Waals surface area contributed by atoms with Crippen molar-refractivity contribution in [2.24, 2.45) is 0 Å². The predicted molar refractivity (Wildman–Crippen MR) is 42.3 cm³/mol. The van der Waals surface area contributed by atoms with Crippen LogP contribution in [0.25, 0.3) is 0 Å². The molecule has 0 bridgehead atoms. The highest BCUT2D eigenvalue weighted by molar-refractivity contribution is 6.59. The third kappa shape index (κ3) is 1.44. The molecule has 0 fully saturated rings. The van der Waals surface area contributed by atoms with Gasteiger partial charge in [0.15, 0.2) is 0 Å². The second kappa shape index (κ2) is 2.81. The van der Waals surface area contributed by atoms with Gasteiger partial charge in [-0.3, -0.25) is 0 Å². The number of nitrogen functional groups attached to an aromatic ring is 1. The zero-order valence-electron chi connectivity index (χ0n) is 5.73. The first-order chi connectivity index (χ1) is 5.13. The molecule has 1 aromatic rings. The van der Waals surface area contributed by atoms with Gasteiger partial charge in [-0.15, -0.1) is 0 Å². The van der Waals surface area contributed by atoms with E-state index in [9.17, 15) is 0 Å². The number of aromatic hydroxyl groups is 1. The molecular formula is C6H8BNO3. The van der Waals surface area contributed by atoms with Gasteiger partial charge in [-0.1, -0.05) is 12.1 Å². The predicted octanol–water partition coefficient (Wildman–Crippen LogP) is -1.35. The average molecular weight is 153 g/mol. The zero-order chi connectivity index (χ0) is 8.43. The lowest BCUT2D eigenvalue weighted by Crippen LogP contribution is -2.30. The molecule has 0 spiro atoms. The molecule has 1 rings (SSSR count). The Morgan fingerprint density at radius 1 is 1.27 bits per heavy atom. The fourth-order valence-corrected chi connectivity index (χ4v) is 0.788. The molecule has 58 valence electrons. The minimum Gasteiger partial charge on any atom is -0.506 e. The van der Waals surface area contributed by atoms with Crippen LogP contribution in [-0.4, -0.2) is 22.3 Å². The molecule has 5 heteroatoms. The van der Waals surface area contributed by atoms with Gasteiger partial charge >= 0.3 is 7.12 Å². The number of phenols is 1. The van der Waals surface area contributed by atoms with E-state index >= 15 is 0 Å². The van der Waals surface area contributed by atoms with E-state index in [2.05, 4.69) is 0 Å². The van der Waals surface area contributed by atoms with Crippen molar-refractivity contribution in [2.75, 3.05) is 5.73 Å². The van der Waals surface area contributed by atoms with Gasteiger partial charge in [-0.05, 0) is 6.07 Å². The maximum atomic E-state index is 9.12. The van der Waals surface area contributed by atoms with E-state index in [-0.39, 0.29) is 16.9 Å². The summed E-state index contributed by atoms with van der Waals surface area (Å²) in [4.78, 5) is 0. The quantitative estimate of drug-likeness (QED) is 0.228. The summed E-state index contributed by atoms with van der Waals surface area (Å²) >= 11 is 0. The second-order valence-corrected chi connectivity index (χ2v) is 2.16. The molecule has 0 aliphatic rings. The van der Waals surface area contributed by atoms with Gasteiger partial charge in [0.2, 0.25) is 0 Å². The summed E-state index contributed by atoms with van der Waals surface area (Å²) in [5.74, 6) is -0.275. The zero-order valence-corrected chi connectivity index (χ0v) is 5.73. The van der Waals surface area contributed by atoms with Crippen LogP contribution in [-0.2, 0) is 0 Å². The normalized spacial score (nSPS) is 9.64. The van der Waals surface area contributed by atoms with Crippen LogP contribution in [0.4, 0.5) is 5.69 Å². The van der Waals surface area contributed by atoms with Crippen LogP contribution >= 0.6 is 0 Å². The summed E-state index contributed by atoms with van der Waals surface area (Å²) in [5.41, 5.74) is 5.44. The minimum atomic E-state index is -1.68. The van der Waals surface area contributed by atoms with Crippen molar-refractivity contribution < 1.29 is 15.2 Å². The Morgan fingerprint density at radius 3 is 2.36 bits per heavy atom. The van der Waals surface area contributed by atoms with Crippen LogP contribution in [0.3, 0.4) is 0 Å². The van der Waals surface area contributed by atoms with Crippen molar-refractivity contribution >= 4 is 18.3 Å². The van der Waals surface area contributed by atoms with Crippen LogP contribution in [0.15, 0.2) is 18.2 Å². The summed E-state index contributed by atoms with van der Waals surface area (Å²) in [6.45, 7) is 0. The fraction of sp³-hybridized carbons (Fsp3) is 0. The molecule has 5 N–H and O–H groups in total. The Morgan fingerprint density at radius 2 is 1.91 bits per heavy atom. The third-order valence-electron chi connectivity index (χ3n) is 1.38. The number of para-hydroxylation sites is 1. The monoisotopic (exact) mass is 153 g/mol. The van der Waals surface area contributed by atoms with Gasteiger partial charge in [0.1, 0.15) is 5.75 Å². The summed E-state index contributed by atoms with van der Waals surface area (Å²) < 4.78 is 0. The van der Waals surface area contributed by atoms with E-state index in [0.717, 1.165) is 0 Å². The van der Waals surface area contributed by atoms with Crippen LogP contribution in [0.5, 0.6) is 5.75 Å². The molecule has 0 saturated heterocycles. The smallest absolute Gasteiger partial charge is 0.492 e. The Hall–Kier alpha value is -1.20. The van der Waals surface area contributed by atoms with Gasteiger partial charge < -0.3 is 20.9 Å². The summed E-state index contributed by atoms with van der Waals surface area (Å²) in [7, 11) is -1.68. The van der Waals surface area contributed by atoms with E-state index in [1.54, 1.807) is 0 Å².